The van der Waals surface area contributed by atoms with Crippen LogP contribution in [-0.2, 0) is 25.2 Å². The molecule has 2 aliphatic heterocycles. The van der Waals surface area contributed by atoms with Gasteiger partial charge in [-0.05, 0) is 34.8 Å². The van der Waals surface area contributed by atoms with E-state index in [-0.39, 0.29) is 35.1 Å². The van der Waals surface area contributed by atoms with Crippen molar-refractivity contribution in [3.63, 3.8) is 0 Å². The highest BCUT2D eigenvalue weighted by Crippen LogP contribution is 2.42. The Hall–Kier alpha value is -2.77. The Morgan fingerprint density at radius 2 is 1.31 bits per heavy atom. The van der Waals surface area contributed by atoms with Crippen molar-refractivity contribution in [3.05, 3.63) is 96.6 Å². The first-order valence-corrected chi connectivity index (χ1v) is 15.9. The first-order valence-electron chi connectivity index (χ1n) is 14.0. The zero-order valence-electron chi connectivity index (χ0n) is 24.0. The van der Waals surface area contributed by atoms with E-state index >= 15 is 0 Å². The molecule has 3 aromatic rings. The van der Waals surface area contributed by atoms with Gasteiger partial charge >= 0.3 is 0 Å². The smallest absolute Gasteiger partial charge is 0.261 e. The summed E-state index contributed by atoms with van der Waals surface area (Å²) in [7, 11) is -2.81. The Morgan fingerprint density at radius 3 is 1.82 bits per heavy atom. The van der Waals surface area contributed by atoms with Gasteiger partial charge in [0.15, 0.2) is 5.79 Å². The Kier molecular flexibility index (Phi) is 7.59. The molecule has 6 heteroatoms. The van der Waals surface area contributed by atoms with Crippen molar-refractivity contribution < 1.29 is 18.7 Å². The van der Waals surface area contributed by atoms with Gasteiger partial charge in [-0.25, -0.2) is 0 Å². The number of hydrogen-bond acceptors (Lipinski definition) is 4. The minimum atomic E-state index is -2.81. The summed E-state index contributed by atoms with van der Waals surface area (Å²) >= 11 is 0. The largest absolute Gasteiger partial charge is 0.405 e. The molecule has 5 nitrogen and oxygen atoms in total. The number of ether oxygens (including phenoxy) is 2. The third kappa shape index (κ3) is 5.23. The van der Waals surface area contributed by atoms with Crippen LogP contribution in [0.5, 0.6) is 0 Å². The molecule has 0 saturated carbocycles. The molecule has 2 aliphatic rings. The van der Waals surface area contributed by atoms with Crippen molar-refractivity contribution in [2.75, 3.05) is 6.61 Å². The lowest BCUT2D eigenvalue weighted by Crippen LogP contribution is -2.69. The van der Waals surface area contributed by atoms with E-state index in [1.54, 1.807) is 0 Å². The summed E-state index contributed by atoms with van der Waals surface area (Å²) in [6.07, 6.45) is -0.595. The average Bonchev–Trinajstić information content (AvgIpc) is 3.25. The topological polar surface area (TPSA) is 48.0 Å². The summed E-state index contributed by atoms with van der Waals surface area (Å²) in [4.78, 5) is 15.9. The predicted octanol–water partition coefficient (Wildman–Crippen LogP) is 5.13. The van der Waals surface area contributed by atoms with Crippen LogP contribution in [0.1, 0.15) is 47.1 Å². The Morgan fingerprint density at radius 1 is 0.821 bits per heavy atom. The van der Waals surface area contributed by atoms with Crippen LogP contribution in [0, 0.1) is 5.92 Å². The van der Waals surface area contributed by atoms with Gasteiger partial charge in [-0.2, -0.15) is 0 Å². The Balaban J connectivity index is 1.58. The van der Waals surface area contributed by atoms with E-state index < -0.39 is 14.1 Å². The van der Waals surface area contributed by atoms with Gasteiger partial charge in [-0.3, -0.25) is 4.79 Å². The van der Waals surface area contributed by atoms with Crippen LogP contribution < -0.4 is 10.4 Å². The van der Waals surface area contributed by atoms with E-state index in [1.165, 1.54) is 10.4 Å². The van der Waals surface area contributed by atoms with Crippen LogP contribution in [0.15, 0.2) is 91.0 Å². The SMILES string of the molecule is C[C@H]1C(=O)N(Cc2ccccc2)[C@H](CO[Si](c2ccccc2)(c2ccccc2)C(C)(C)C)[C@H]2OC(C)(C)O[C@@H]21. The number of piperidine rings is 1. The monoisotopic (exact) mass is 543 g/mol. The first kappa shape index (κ1) is 27.8. The van der Waals surface area contributed by atoms with E-state index in [1.807, 2.05) is 43.9 Å². The number of likely N-dealkylation sites (tertiary alicyclic amines) is 1. The summed E-state index contributed by atoms with van der Waals surface area (Å²) in [5.41, 5.74) is 1.09. The van der Waals surface area contributed by atoms with Crippen LogP contribution in [0.4, 0.5) is 0 Å². The minimum absolute atomic E-state index is 0.0810. The van der Waals surface area contributed by atoms with Gasteiger partial charge in [0, 0.05) is 6.54 Å². The fraction of sp³-hybridized carbons (Fsp3) is 0.424. The molecule has 5 rings (SSSR count). The number of fused-ring (bicyclic) bond motifs is 1. The normalized spacial score (nSPS) is 25.0. The molecule has 0 spiro atoms. The molecule has 39 heavy (non-hydrogen) atoms. The number of hydrogen-bond donors (Lipinski definition) is 0. The van der Waals surface area contributed by atoms with Crippen LogP contribution in [0.2, 0.25) is 5.04 Å². The molecule has 3 aromatic carbocycles. The fourth-order valence-corrected chi connectivity index (χ4v) is 11.0. The van der Waals surface area contributed by atoms with E-state index in [0.29, 0.717) is 13.2 Å². The maximum absolute atomic E-state index is 13.9. The van der Waals surface area contributed by atoms with E-state index in [0.717, 1.165) is 5.56 Å². The van der Waals surface area contributed by atoms with Crippen molar-refractivity contribution in [2.24, 2.45) is 5.92 Å². The summed E-state index contributed by atoms with van der Waals surface area (Å²) in [5, 5.41) is 2.26. The van der Waals surface area contributed by atoms with Crippen LogP contribution in [0.25, 0.3) is 0 Å². The zero-order valence-corrected chi connectivity index (χ0v) is 25.0. The third-order valence-corrected chi connectivity index (χ3v) is 13.2. The van der Waals surface area contributed by atoms with E-state index in [2.05, 4.69) is 93.6 Å². The summed E-state index contributed by atoms with van der Waals surface area (Å²) in [6, 6.07) is 31.1. The van der Waals surface area contributed by atoms with Gasteiger partial charge in [-0.1, -0.05) is 119 Å². The van der Waals surface area contributed by atoms with Gasteiger partial charge < -0.3 is 18.8 Å². The molecule has 0 aromatic heterocycles. The van der Waals surface area contributed by atoms with Gasteiger partial charge in [0.1, 0.15) is 12.2 Å². The standard InChI is InChI=1S/C33H41NO4Si/c1-24-29-30(38-33(5,6)37-29)28(34(31(24)35)22-25-16-10-7-11-17-25)23-36-39(32(2,3)4,26-18-12-8-13-19-26)27-20-14-9-15-21-27/h7-21,24,28-30H,22-23H2,1-6H3/t24-,28-,29-,30-/m1/s1. The van der Waals surface area contributed by atoms with E-state index in [4.69, 9.17) is 13.9 Å². The second kappa shape index (κ2) is 10.7. The number of benzene rings is 3. The molecular weight excluding hydrogens is 502 g/mol. The zero-order chi connectivity index (χ0) is 27.8. The van der Waals surface area contributed by atoms with Crippen molar-refractivity contribution in [1.82, 2.24) is 4.90 Å². The van der Waals surface area contributed by atoms with Crippen LogP contribution in [0.3, 0.4) is 0 Å². The molecule has 206 valence electrons. The lowest BCUT2D eigenvalue weighted by molar-refractivity contribution is -0.154. The number of rotatable bonds is 7. The molecule has 0 aliphatic carbocycles. The third-order valence-electron chi connectivity index (χ3n) is 8.19. The molecule has 1 amide bonds. The minimum Gasteiger partial charge on any atom is -0.405 e. The number of nitrogens with zero attached hydrogens (tertiary/aromatic N) is 1. The molecule has 0 unspecified atom stereocenters. The highest BCUT2D eigenvalue weighted by Gasteiger charge is 2.57. The van der Waals surface area contributed by atoms with Crippen LogP contribution >= 0.6 is 0 Å². The fourth-order valence-electron chi connectivity index (χ4n) is 6.38. The Bertz CT molecular complexity index is 1220. The molecule has 4 atom stereocenters. The first-order chi connectivity index (χ1) is 18.5. The number of carbonyl (C=O) groups excluding carboxylic acids is 1. The van der Waals surface area contributed by atoms with Crippen LogP contribution in [-0.4, -0.2) is 49.8 Å². The molecular formula is C33H41NO4Si. The van der Waals surface area contributed by atoms with Gasteiger partial charge in [0.25, 0.3) is 8.32 Å². The molecule has 2 fully saturated rings. The van der Waals surface area contributed by atoms with Crippen molar-refractivity contribution >= 4 is 24.6 Å². The quantitative estimate of drug-likeness (QED) is 0.388. The van der Waals surface area contributed by atoms with Gasteiger partial charge in [-0.15, -0.1) is 0 Å². The summed E-state index contributed by atoms with van der Waals surface area (Å²) in [6.45, 7) is 13.5. The molecule has 0 radical (unpaired) electrons. The molecule has 0 bridgehead atoms. The second-order valence-electron chi connectivity index (χ2n) is 12.3. The average molecular weight is 544 g/mol. The molecule has 2 heterocycles. The second-order valence-corrected chi connectivity index (χ2v) is 16.7. The van der Waals surface area contributed by atoms with Gasteiger partial charge in [0.05, 0.1) is 18.6 Å². The highest BCUT2D eigenvalue weighted by molar-refractivity contribution is 6.99. The lowest BCUT2D eigenvalue weighted by atomic mass is 9.87. The molecule has 2 saturated heterocycles. The molecule has 0 N–H and O–H groups in total. The number of amides is 1. The van der Waals surface area contributed by atoms with E-state index in [9.17, 15) is 4.79 Å². The van der Waals surface area contributed by atoms with Crippen molar-refractivity contribution in [1.29, 1.82) is 0 Å². The predicted molar refractivity (Wildman–Crippen MR) is 157 cm³/mol. The summed E-state index contributed by atoms with van der Waals surface area (Å²) in [5.74, 6) is -0.982. The maximum Gasteiger partial charge on any atom is 0.261 e. The van der Waals surface area contributed by atoms with Crippen molar-refractivity contribution in [3.8, 4) is 0 Å². The van der Waals surface area contributed by atoms with Crippen molar-refractivity contribution in [2.45, 2.75) is 77.2 Å². The highest BCUT2D eigenvalue weighted by atomic mass is 28.4. The summed E-state index contributed by atoms with van der Waals surface area (Å²) < 4.78 is 20.2. The lowest BCUT2D eigenvalue weighted by Gasteiger charge is -2.47. The maximum atomic E-state index is 13.9. The number of carbonyl (C=O) groups is 1. The Labute approximate surface area is 234 Å². The van der Waals surface area contributed by atoms with Gasteiger partial charge in [0.2, 0.25) is 5.91 Å².